The Labute approximate surface area is 189 Å². The molecule has 4 atom stereocenters. The molecule has 0 radical (unpaired) electrons. The summed E-state index contributed by atoms with van der Waals surface area (Å²) in [6.45, 7) is 1.69. The molecular formula is C27H30O5. The van der Waals surface area contributed by atoms with Crippen LogP contribution >= 0.6 is 0 Å². The first-order valence-corrected chi connectivity index (χ1v) is 11.0. The Bertz CT molecular complexity index is 903. The molecule has 168 valence electrons. The van der Waals surface area contributed by atoms with E-state index in [9.17, 15) is 5.11 Å². The molecule has 1 aliphatic rings. The number of aliphatic hydroxyl groups excluding tert-OH is 1. The van der Waals surface area contributed by atoms with Crippen molar-refractivity contribution in [1.82, 2.24) is 0 Å². The molecule has 1 saturated heterocycles. The molecule has 1 fully saturated rings. The minimum atomic E-state index is -1.03. The van der Waals surface area contributed by atoms with E-state index in [1.165, 1.54) is 0 Å². The molecule has 0 bridgehead atoms. The number of benzene rings is 3. The van der Waals surface area contributed by atoms with Crippen molar-refractivity contribution in [3.8, 4) is 0 Å². The van der Waals surface area contributed by atoms with Crippen molar-refractivity contribution in [2.24, 2.45) is 0 Å². The molecule has 0 spiro atoms. The van der Waals surface area contributed by atoms with Crippen molar-refractivity contribution in [3.63, 3.8) is 0 Å². The Morgan fingerprint density at radius 3 is 1.66 bits per heavy atom. The van der Waals surface area contributed by atoms with Crippen molar-refractivity contribution in [2.75, 3.05) is 6.61 Å². The Hall–Kier alpha value is -2.54. The van der Waals surface area contributed by atoms with E-state index in [-0.39, 0.29) is 12.2 Å². The maximum atomic E-state index is 10.6. The van der Waals surface area contributed by atoms with Gasteiger partial charge in [0.2, 0.25) is 0 Å². The van der Waals surface area contributed by atoms with Gasteiger partial charge in [-0.3, -0.25) is 0 Å². The van der Waals surface area contributed by atoms with Gasteiger partial charge >= 0.3 is 0 Å². The number of hydrogen-bond donors (Lipinski definition) is 1. The number of ether oxygens (including phenoxy) is 4. The second-order valence-corrected chi connectivity index (χ2v) is 7.97. The van der Waals surface area contributed by atoms with Crippen LogP contribution in [0.5, 0.6) is 0 Å². The van der Waals surface area contributed by atoms with Crippen LogP contribution < -0.4 is 0 Å². The molecule has 32 heavy (non-hydrogen) atoms. The monoisotopic (exact) mass is 434 g/mol. The van der Waals surface area contributed by atoms with E-state index in [2.05, 4.69) is 0 Å². The molecule has 5 heteroatoms. The number of hydrogen-bond acceptors (Lipinski definition) is 5. The van der Waals surface area contributed by atoms with E-state index in [4.69, 9.17) is 18.9 Å². The second-order valence-electron chi connectivity index (χ2n) is 7.97. The molecular weight excluding hydrogens is 404 g/mol. The highest BCUT2D eigenvalue weighted by atomic mass is 16.7. The van der Waals surface area contributed by atoms with Crippen LogP contribution in [0.3, 0.4) is 0 Å². The Kier molecular flexibility index (Phi) is 8.42. The molecule has 4 rings (SSSR count). The summed E-state index contributed by atoms with van der Waals surface area (Å²) in [5.74, 6) is 0. The van der Waals surface area contributed by atoms with E-state index < -0.39 is 12.4 Å². The van der Waals surface area contributed by atoms with Gasteiger partial charge in [0.05, 0.1) is 32.5 Å². The van der Waals surface area contributed by atoms with Gasteiger partial charge in [0, 0.05) is 6.42 Å². The largest absolute Gasteiger partial charge is 0.374 e. The van der Waals surface area contributed by atoms with Crippen LogP contribution in [-0.2, 0) is 38.8 Å². The lowest BCUT2D eigenvalue weighted by molar-refractivity contribution is -0.274. The Morgan fingerprint density at radius 2 is 1.12 bits per heavy atom. The third-order valence-electron chi connectivity index (χ3n) is 5.52. The summed E-state index contributed by atoms with van der Waals surface area (Å²) in [5, 5.41) is 10.6. The van der Waals surface area contributed by atoms with Crippen LogP contribution in [-0.4, -0.2) is 36.3 Å². The summed E-state index contributed by atoms with van der Waals surface area (Å²) in [6, 6.07) is 29.9. The van der Waals surface area contributed by atoms with E-state index in [1.807, 2.05) is 91.0 Å². The van der Waals surface area contributed by atoms with Crippen LogP contribution in [0.25, 0.3) is 0 Å². The third-order valence-corrected chi connectivity index (χ3v) is 5.52. The van der Waals surface area contributed by atoms with Gasteiger partial charge in [-0.1, -0.05) is 91.0 Å². The first-order valence-electron chi connectivity index (χ1n) is 11.0. The van der Waals surface area contributed by atoms with E-state index >= 15 is 0 Å². The van der Waals surface area contributed by atoms with Gasteiger partial charge in [-0.05, 0) is 16.7 Å². The zero-order valence-corrected chi connectivity index (χ0v) is 18.1. The Balaban J connectivity index is 1.36. The van der Waals surface area contributed by atoms with Crippen molar-refractivity contribution in [3.05, 3.63) is 108 Å². The molecule has 0 aliphatic carbocycles. The second kappa shape index (κ2) is 11.9. The number of rotatable bonds is 10. The molecule has 1 heterocycles. The molecule has 3 aromatic rings. The molecule has 0 saturated carbocycles. The molecule has 3 aromatic carbocycles. The van der Waals surface area contributed by atoms with Gasteiger partial charge in [-0.2, -0.15) is 0 Å². The van der Waals surface area contributed by atoms with Crippen LogP contribution in [0.15, 0.2) is 91.0 Å². The lowest BCUT2D eigenvalue weighted by atomic mass is 10.0. The van der Waals surface area contributed by atoms with Gasteiger partial charge in [0.25, 0.3) is 0 Å². The summed E-state index contributed by atoms with van der Waals surface area (Å²) in [6.07, 6.45) is -1.61. The fourth-order valence-corrected chi connectivity index (χ4v) is 3.75. The van der Waals surface area contributed by atoms with Gasteiger partial charge in [0.15, 0.2) is 6.29 Å². The molecule has 1 N–H and O–H groups in total. The zero-order chi connectivity index (χ0) is 22.0. The maximum Gasteiger partial charge on any atom is 0.181 e. The summed E-state index contributed by atoms with van der Waals surface area (Å²) < 4.78 is 24.0. The highest BCUT2D eigenvalue weighted by molar-refractivity contribution is 5.15. The summed E-state index contributed by atoms with van der Waals surface area (Å²) >= 11 is 0. The first-order chi connectivity index (χ1) is 15.8. The topological polar surface area (TPSA) is 57.2 Å². The zero-order valence-electron chi connectivity index (χ0n) is 18.1. The van der Waals surface area contributed by atoms with Crippen LogP contribution in [0.4, 0.5) is 0 Å². The normalized spacial score (nSPS) is 23.2. The predicted molar refractivity (Wildman–Crippen MR) is 122 cm³/mol. The summed E-state index contributed by atoms with van der Waals surface area (Å²) in [5.41, 5.74) is 3.23. The van der Waals surface area contributed by atoms with Crippen molar-refractivity contribution >= 4 is 0 Å². The summed E-state index contributed by atoms with van der Waals surface area (Å²) in [7, 11) is 0. The average Bonchev–Trinajstić information content (AvgIpc) is 2.85. The third kappa shape index (κ3) is 6.73. The molecule has 0 aromatic heterocycles. The minimum Gasteiger partial charge on any atom is -0.374 e. The lowest BCUT2D eigenvalue weighted by Gasteiger charge is -2.39. The highest BCUT2D eigenvalue weighted by Gasteiger charge is 2.38. The number of aliphatic hydroxyl groups is 1. The average molecular weight is 435 g/mol. The lowest BCUT2D eigenvalue weighted by Crippen LogP contribution is -2.50. The van der Waals surface area contributed by atoms with Crippen molar-refractivity contribution < 1.29 is 24.1 Å². The molecule has 0 amide bonds. The Morgan fingerprint density at radius 1 is 0.656 bits per heavy atom. The maximum absolute atomic E-state index is 10.6. The fourth-order valence-electron chi connectivity index (χ4n) is 3.75. The van der Waals surface area contributed by atoms with Crippen molar-refractivity contribution in [2.45, 2.75) is 50.8 Å². The first kappa shape index (κ1) is 22.6. The van der Waals surface area contributed by atoms with Gasteiger partial charge in [0.1, 0.15) is 12.2 Å². The fraction of sp³-hybridized carbons (Fsp3) is 0.333. The summed E-state index contributed by atoms with van der Waals surface area (Å²) in [4.78, 5) is 0. The van der Waals surface area contributed by atoms with Crippen LogP contribution in [0.1, 0.15) is 23.1 Å². The van der Waals surface area contributed by atoms with Gasteiger partial charge < -0.3 is 24.1 Å². The van der Waals surface area contributed by atoms with E-state index in [0.29, 0.717) is 32.8 Å². The quantitative estimate of drug-likeness (QED) is 0.510. The van der Waals surface area contributed by atoms with E-state index in [0.717, 1.165) is 16.7 Å². The van der Waals surface area contributed by atoms with Gasteiger partial charge in [-0.15, -0.1) is 0 Å². The minimum absolute atomic E-state index is 0.254. The molecule has 1 aliphatic heterocycles. The van der Waals surface area contributed by atoms with E-state index in [1.54, 1.807) is 0 Å². The molecule has 1 unspecified atom stereocenters. The SMILES string of the molecule is OC1O[C@H](COCc2ccccc2)[C@@H](OCc2ccccc2)C[C@H]1OCc1ccccc1. The van der Waals surface area contributed by atoms with Crippen LogP contribution in [0, 0.1) is 0 Å². The molecule has 5 nitrogen and oxygen atoms in total. The predicted octanol–water partition coefficient (Wildman–Crippen LogP) is 4.48. The highest BCUT2D eigenvalue weighted by Crippen LogP contribution is 2.26. The smallest absolute Gasteiger partial charge is 0.181 e. The van der Waals surface area contributed by atoms with Crippen LogP contribution in [0.2, 0.25) is 0 Å². The van der Waals surface area contributed by atoms with Crippen molar-refractivity contribution in [1.29, 1.82) is 0 Å². The van der Waals surface area contributed by atoms with Gasteiger partial charge in [-0.25, -0.2) is 0 Å². The standard InChI is InChI=1S/C27H30O5/c28-27-25(31-19-23-14-8-3-9-15-23)16-24(30-18-22-12-6-2-7-13-22)26(32-27)20-29-17-21-10-4-1-5-11-21/h1-15,24-28H,16-20H2/t24-,25+,26+,27?/m0/s1.